The van der Waals surface area contributed by atoms with Gasteiger partial charge in [0.1, 0.15) is 36.9 Å². The average molecular weight is 1040 g/mol. The van der Waals surface area contributed by atoms with Crippen molar-refractivity contribution in [3.05, 3.63) is 90.1 Å². The van der Waals surface area contributed by atoms with E-state index in [4.69, 9.17) is 17.2 Å². The Labute approximate surface area is 439 Å². The number of guanidine groups is 1. The van der Waals surface area contributed by atoms with Crippen LogP contribution in [0.15, 0.2) is 83.4 Å². The van der Waals surface area contributed by atoms with Crippen molar-refractivity contribution in [3.63, 3.8) is 0 Å². The third-order valence-electron chi connectivity index (χ3n) is 12.4. The summed E-state index contributed by atoms with van der Waals surface area (Å²) in [6, 6.07) is 11.4. The van der Waals surface area contributed by atoms with Crippen molar-refractivity contribution < 1.29 is 33.6 Å². The number of rotatable bonds is 38. The van der Waals surface area contributed by atoms with Gasteiger partial charge in [0, 0.05) is 74.3 Å². The third kappa shape index (κ3) is 24.2. The molecule has 0 fully saturated rings. The zero-order valence-corrected chi connectivity index (χ0v) is 43.3. The van der Waals surface area contributed by atoms with Gasteiger partial charge in [-0.1, -0.05) is 120 Å². The van der Waals surface area contributed by atoms with E-state index in [2.05, 4.69) is 69.3 Å². The van der Waals surface area contributed by atoms with E-state index < -0.39 is 66.2 Å². The second-order valence-corrected chi connectivity index (χ2v) is 18.6. The van der Waals surface area contributed by atoms with Gasteiger partial charge >= 0.3 is 0 Å². The lowest BCUT2D eigenvalue weighted by molar-refractivity contribution is -0.134. The molecule has 408 valence electrons. The van der Waals surface area contributed by atoms with Gasteiger partial charge in [0.2, 0.25) is 35.4 Å². The standard InChI is InChI=1S/C53H79N15O7/c1-2-3-4-5-6-7-8-9-10-11-15-25-46(69)58-27-19-28-59-47(70)34-63-64-35-48(71)65-45(31-39-33-57-36-62-39)52(75)68-44(29-37-20-13-12-14-21-37)51(74)66-42(24-18-26-60-53(55)56)50(73)67-43(49(54)72)30-38-32-61-41-23-17-16-22-40(38)41/h12-14,16-17,20-23,32-34,36,42-45,61,64H,2-11,15,18-19,24-31,35H2,1H3,(H2,54,72)(H,57,62)(H,58,69)(H,59,70)(H,65,71)(H,66,74)(H,67,73)(H,68,75)(H4,55,56,60)/b63-34+/t42-,43-,44+,45-/m0/s1. The number of carbonyl (C=O) groups is 7. The average Bonchev–Trinajstić information content (AvgIpc) is 4.07. The molecule has 0 unspecified atom stereocenters. The summed E-state index contributed by atoms with van der Waals surface area (Å²) >= 11 is 0. The largest absolute Gasteiger partial charge is 0.370 e. The first kappa shape index (κ1) is 59.8. The second-order valence-electron chi connectivity index (χ2n) is 18.6. The number of amides is 7. The molecule has 2 aromatic heterocycles. The number of aromatic amines is 2. The Hall–Kier alpha value is -7.78. The summed E-state index contributed by atoms with van der Waals surface area (Å²) in [5, 5.41) is 21.1. The van der Waals surface area contributed by atoms with Gasteiger partial charge < -0.3 is 64.5 Å². The Morgan fingerprint density at radius 3 is 1.95 bits per heavy atom. The highest BCUT2D eigenvalue weighted by Crippen LogP contribution is 2.19. The molecular weight excluding hydrogens is 959 g/mol. The number of nitrogens with two attached hydrogens (primary N) is 3. The van der Waals surface area contributed by atoms with Crippen LogP contribution in [0.25, 0.3) is 10.9 Å². The van der Waals surface area contributed by atoms with E-state index >= 15 is 0 Å². The molecule has 15 N–H and O–H groups in total. The molecule has 22 heteroatoms. The van der Waals surface area contributed by atoms with Crippen LogP contribution >= 0.6 is 0 Å². The molecule has 0 bridgehead atoms. The smallest absolute Gasteiger partial charge is 0.264 e. The quantitative estimate of drug-likeness (QED) is 0.0134. The maximum atomic E-state index is 14.3. The van der Waals surface area contributed by atoms with Gasteiger partial charge in [-0.25, -0.2) is 4.98 Å². The number of aromatic nitrogens is 3. The van der Waals surface area contributed by atoms with Crippen molar-refractivity contribution in [2.24, 2.45) is 27.3 Å². The number of primary amides is 1. The number of carbonyl (C=O) groups excluding carboxylic acids is 7. The zero-order valence-electron chi connectivity index (χ0n) is 43.3. The minimum atomic E-state index is -1.27. The maximum Gasteiger partial charge on any atom is 0.264 e. The van der Waals surface area contributed by atoms with Crippen molar-refractivity contribution in [3.8, 4) is 0 Å². The first-order valence-corrected chi connectivity index (χ1v) is 26.2. The summed E-state index contributed by atoms with van der Waals surface area (Å²) in [4.78, 5) is 107. The molecular formula is C53H79N15O7. The molecule has 2 aromatic carbocycles. The molecule has 0 spiro atoms. The monoisotopic (exact) mass is 1040 g/mol. The number of benzene rings is 2. The first-order chi connectivity index (χ1) is 36.3. The predicted molar refractivity (Wildman–Crippen MR) is 289 cm³/mol. The van der Waals surface area contributed by atoms with E-state index in [0.717, 1.165) is 41.9 Å². The number of hydrazone groups is 1. The lowest BCUT2D eigenvalue weighted by Gasteiger charge is -2.26. The summed E-state index contributed by atoms with van der Waals surface area (Å²) in [6.45, 7) is 2.66. The molecule has 0 aliphatic heterocycles. The van der Waals surface area contributed by atoms with E-state index in [0.29, 0.717) is 37.2 Å². The van der Waals surface area contributed by atoms with Gasteiger partial charge in [-0.05, 0) is 42.9 Å². The number of H-pyrrole nitrogens is 2. The van der Waals surface area contributed by atoms with Crippen LogP contribution in [0, 0.1) is 0 Å². The summed E-state index contributed by atoms with van der Waals surface area (Å²) < 4.78 is 0. The number of hydrogen-bond donors (Lipinski definition) is 12. The number of aliphatic imine (C=N–C) groups is 1. The van der Waals surface area contributed by atoms with E-state index in [1.54, 1.807) is 36.5 Å². The molecule has 0 radical (unpaired) electrons. The van der Waals surface area contributed by atoms with Crippen LogP contribution in [-0.2, 0) is 52.8 Å². The molecule has 0 aliphatic carbocycles. The fraction of sp³-hybridized carbons (Fsp3) is 0.509. The topological polar surface area (TPSA) is 351 Å². The Morgan fingerprint density at radius 2 is 1.27 bits per heavy atom. The Morgan fingerprint density at radius 1 is 0.640 bits per heavy atom. The van der Waals surface area contributed by atoms with Crippen molar-refractivity contribution in [1.29, 1.82) is 0 Å². The van der Waals surface area contributed by atoms with Crippen LogP contribution in [0.1, 0.15) is 120 Å². The zero-order chi connectivity index (χ0) is 54.0. The van der Waals surface area contributed by atoms with Gasteiger partial charge in [-0.15, -0.1) is 0 Å². The summed E-state index contributed by atoms with van der Waals surface area (Å²) in [7, 11) is 0. The Kier molecular flexibility index (Phi) is 27.6. The molecule has 2 heterocycles. The van der Waals surface area contributed by atoms with Crippen LogP contribution in [0.4, 0.5) is 0 Å². The molecule has 0 saturated heterocycles. The second kappa shape index (κ2) is 34.6. The fourth-order valence-electron chi connectivity index (χ4n) is 8.30. The number of imidazole rings is 1. The molecule has 22 nitrogen and oxygen atoms in total. The van der Waals surface area contributed by atoms with Crippen LogP contribution < -0.4 is 54.5 Å². The Bertz CT molecular complexity index is 2420. The number of hydrogen-bond acceptors (Lipinski definition) is 11. The highest BCUT2D eigenvalue weighted by atomic mass is 16.2. The molecule has 4 rings (SSSR count). The van der Waals surface area contributed by atoms with Crippen molar-refractivity contribution in [1.82, 2.24) is 52.3 Å². The van der Waals surface area contributed by atoms with E-state index in [9.17, 15) is 33.6 Å². The Balaban J connectivity index is 1.30. The van der Waals surface area contributed by atoms with Gasteiger partial charge in [-0.3, -0.25) is 38.6 Å². The number of fused-ring (bicyclic) bond motifs is 1. The number of nitrogens with one attached hydrogen (secondary N) is 9. The van der Waals surface area contributed by atoms with Gasteiger partial charge in [0.25, 0.3) is 5.91 Å². The SMILES string of the molecule is CCCCCCCCCCCCCC(=O)NCCCNC(=O)/C=N/NCC(=O)N[C@@H](Cc1cnc[nH]1)C(=O)N[C@H](Cc1ccccc1)C(=O)N[C@@H](CCCN=C(N)N)C(=O)N[C@@H](Cc1c[nH]c2ccccc12)C(N)=O. The van der Waals surface area contributed by atoms with Gasteiger partial charge in [0.15, 0.2) is 5.96 Å². The van der Waals surface area contributed by atoms with Crippen LogP contribution in [0.3, 0.4) is 0 Å². The van der Waals surface area contributed by atoms with Crippen molar-refractivity contribution in [2.45, 2.75) is 147 Å². The molecule has 4 atom stereocenters. The first-order valence-electron chi connectivity index (χ1n) is 26.2. The fourth-order valence-corrected chi connectivity index (χ4v) is 8.30. The van der Waals surface area contributed by atoms with Gasteiger partial charge in [0.05, 0.1) is 6.33 Å². The molecule has 75 heavy (non-hydrogen) atoms. The highest BCUT2D eigenvalue weighted by Gasteiger charge is 2.32. The van der Waals surface area contributed by atoms with E-state index in [-0.39, 0.29) is 50.5 Å². The normalized spacial score (nSPS) is 12.7. The summed E-state index contributed by atoms with van der Waals surface area (Å²) in [5.41, 5.74) is 22.1. The van der Waals surface area contributed by atoms with Crippen LogP contribution in [0.2, 0.25) is 0 Å². The van der Waals surface area contributed by atoms with Crippen molar-refractivity contribution in [2.75, 3.05) is 26.2 Å². The number of unbranched alkanes of at least 4 members (excludes halogenated alkanes) is 10. The minimum Gasteiger partial charge on any atom is -0.370 e. The minimum absolute atomic E-state index is 0.00243. The summed E-state index contributed by atoms with van der Waals surface area (Å²) in [6.07, 6.45) is 20.3. The van der Waals surface area contributed by atoms with E-state index in [1.165, 1.54) is 63.9 Å². The molecule has 0 aliphatic rings. The predicted octanol–water partition coefficient (Wildman–Crippen LogP) is 2.30. The molecule has 7 amide bonds. The number of nitrogens with zero attached hydrogens (tertiary/aromatic N) is 3. The van der Waals surface area contributed by atoms with Gasteiger partial charge in [-0.2, -0.15) is 5.10 Å². The lowest BCUT2D eigenvalue weighted by Crippen LogP contribution is -2.59. The van der Waals surface area contributed by atoms with Crippen molar-refractivity contribution >= 4 is 64.4 Å². The lowest BCUT2D eigenvalue weighted by atomic mass is 10.0. The molecule has 4 aromatic rings. The number of para-hydroxylation sites is 1. The maximum absolute atomic E-state index is 14.3. The highest BCUT2D eigenvalue weighted by molar-refractivity contribution is 6.26. The third-order valence-corrected chi connectivity index (χ3v) is 12.4. The molecule has 0 saturated carbocycles. The van der Waals surface area contributed by atoms with E-state index in [1.807, 2.05) is 24.3 Å². The summed E-state index contributed by atoms with van der Waals surface area (Å²) in [5.74, 6) is -4.29. The van der Waals surface area contributed by atoms with Crippen LogP contribution in [-0.4, -0.2) is 119 Å². The van der Waals surface area contributed by atoms with Crippen LogP contribution in [0.5, 0.6) is 0 Å².